The van der Waals surface area contributed by atoms with Crippen molar-refractivity contribution in [3.63, 3.8) is 0 Å². The number of nitrogens with one attached hydrogen (secondary N) is 1. The van der Waals surface area contributed by atoms with Crippen LogP contribution in [0.15, 0.2) is 22.7 Å². The lowest BCUT2D eigenvalue weighted by Gasteiger charge is -2.13. The molecule has 3 nitrogen and oxygen atoms in total. The molecule has 0 radical (unpaired) electrons. The number of amides is 1. The van der Waals surface area contributed by atoms with Crippen LogP contribution in [0, 0.1) is 12.8 Å². The van der Waals surface area contributed by atoms with Crippen LogP contribution in [0.2, 0.25) is 0 Å². The van der Waals surface area contributed by atoms with Crippen molar-refractivity contribution >= 4 is 27.5 Å². The highest BCUT2D eigenvalue weighted by atomic mass is 79.9. The fourth-order valence-electron chi connectivity index (χ4n) is 1.87. The highest BCUT2D eigenvalue weighted by molar-refractivity contribution is 9.10. The molecule has 0 saturated heterocycles. The Kier molecular flexibility index (Phi) is 6.52. The van der Waals surface area contributed by atoms with Crippen LogP contribution in [0.3, 0.4) is 0 Å². The molecule has 0 aliphatic heterocycles. The van der Waals surface area contributed by atoms with Gasteiger partial charge in [-0.15, -0.1) is 0 Å². The van der Waals surface area contributed by atoms with Gasteiger partial charge in [-0.1, -0.05) is 29.3 Å². The molecule has 2 unspecified atom stereocenters. The predicted octanol–water partition coefficient (Wildman–Crippen LogP) is 3.85. The average Bonchev–Trinajstić information content (AvgIpc) is 2.33. The molecule has 0 aliphatic carbocycles. The van der Waals surface area contributed by atoms with Gasteiger partial charge in [0, 0.05) is 22.1 Å². The zero-order valence-corrected chi connectivity index (χ0v) is 13.5. The number of aryl methyl sites for hydroxylation is 1. The fourth-order valence-corrected chi connectivity index (χ4v) is 2.11. The van der Waals surface area contributed by atoms with E-state index in [0.29, 0.717) is 0 Å². The van der Waals surface area contributed by atoms with Crippen molar-refractivity contribution in [3.05, 3.63) is 28.2 Å². The molecule has 0 fully saturated rings. The fraction of sp³-hybridized carbons (Fsp3) is 0.533. The summed E-state index contributed by atoms with van der Waals surface area (Å²) in [7, 11) is 0. The summed E-state index contributed by atoms with van der Waals surface area (Å²) in [5, 5.41) is 2.96. The van der Waals surface area contributed by atoms with Gasteiger partial charge in [0.15, 0.2) is 0 Å². The highest BCUT2D eigenvalue weighted by Crippen LogP contribution is 2.21. The molecular formula is C15H23BrN2O. The minimum atomic E-state index is 0.0164. The van der Waals surface area contributed by atoms with Crippen LogP contribution < -0.4 is 11.1 Å². The van der Waals surface area contributed by atoms with Crippen LogP contribution in [-0.2, 0) is 4.79 Å². The molecule has 0 spiro atoms. The third kappa shape index (κ3) is 5.74. The van der Waals surface area contributed by atoms with Crippen molar-refractivity contribution in [2.24, 2.45) is 11.7 Å². The van der Waals surface area contributed by atoms with Crippen molar-refractivity contribution in [2.75, 3.05) is 5.32 Å². The molecule has 1 rings (SSSR count). The van der Waals surface area contributed by atoms with Crippen LogP contribution in [-0.4, -0.2) is 11.9 Å². The molecule has 106 valence electrons. The first-order valence-corrected chi connectivity index (χ1v) is 7.52. The van der Waals surface area contributed by atoms with Crippen LogP contribution in [0.25, 0.3) is 0 Å². The van der Waals surface area contributed by atoms with Crippen molar-refractivity contribution in [2.45, 2.75) is 46.1 Å². The molecule has 1 aromatic carbocycles. The number of benzene rings is 1. The molecule has 0 heterocycles. The molecule has 19 heavy (non-hydrogen) atoms. The van der Waals surface area contributed by atoms with E-state index in [2.05, 4.69) is 21.2 Å². The van der Waals surface area contributed by atoms with Gasteiger partial charge >= 0.3 is 0 Å². The molecule has 2 atom stereocenters. The smallest absolute Gasteiger partial charge is 0.227 e. The maximum absolute atomic E-state index is 12.0. The maximum atomic E-state index is 12.0. The second-order valence-electron chi connectivity index (χ2n) is 5.26. The predicted molar refractivity (Wildman–Crippen MR) is 84.2 cm³/mol. The summed E-state index contributed by atoms with van der Waals surface area (Å²) in [5.41, 5.74) is 7.67. The molecule has 4 heteroatoms. The quantitative estimate of drug-likeness (QED) is 0.834. The lowest BCUT2D eigenvalue weighted by molar-refractivity contribution is -0.119. The number of rotatable bonds is 6. The monoisotopic (exact) mass is 326 g/mol. The second-order valence-corrected chi connectivity index (χ2v) is 6.12. The van der Waals surface area contributed by atoms with Crippen molar-refractivity contribution < 1.29 is 4.79 Å². The van der Waals surface area contributed by atoms with Gasteiger partial charge in [0.05, 0.1) is 0 Å². The van der Waals surface area contributed by atoms with Gasteiger partial charge in [0.2, 0.25) is 5.91 Å². The molecular weight excluding hydrogens is 304 g/mol. The van der Waals surface area contributed by atoms with E-state index in [9.17, 15) is 4.79 Å². The van der Waals surface area contributed by atoms with Gasteiger partial charge in [-0.3, -0.25) is 4.79 Å². The first-order valence-electron chi connectivity index (χ1n) is 6.72. The number of anilines is 1. The van der Waals surface area contributed by atoms with E-state index in [1.165, 1.54) is 0 Å². The summed E-state index contributed by atoms with van der Waals surface area (Å²) in [4.78, 5) is 12.0. The molecule has 1 aromatic rings. The maximum Gasteiger partial charge on any atom is 0.227 e. The van der Waals surface area contributed by atoms with Crippen LogP contribution in [0.1, 0.15) is 38.7 Å². The number of hydrogen-bond donors (Lipinski definition) is 2. The lowest BCUT2D eigenvalue weighted by atomic mass is 10.0. The summed E-state index contributed by atoms with van der Waals surface area (Å²) in [5.74, 6) is 0.0918. The Morgan fingerprint density at radius 3 is 2.63 bits per heavy atom. The molecule has 3 N–H and O–H groups in total. The Hall–Kier alpha value is -0.870. The Morgan fingerprint density at radius 1 is 1.37 bits per heavy atom. The van der Waals surface area contributed by atoms with E-state index in [-0.39, 0.29) is 17.9 Å². The standard InChI is InChI=1S/C15H23BrN2O/c1-10(5-4-6-12(3)17)15(19)18-13-7-8-14(16)11(2)9-13/h7-10,12H,4-6,17H2,1-3H3,(H,18,19). The Labute approximate surface area is 124 Å². The van der Waals surface area contributed by atoms with Crippen LogP contribution in [0.4, 0.5) is 5.69 Å². The summed E-state index contributed by atoms with van der Waals surface area (Å²) >= 11 is 3.45. The largest absolute Gasteiger partial charge is 0.328 e. The van der Waals surface area contributed by atoms with E-state index in [1.807, 2.05) is 39.0 Å². The third-order valence-electron chi connectivity index (χ3n) is 3.17. The number of halogens is 1. The van der Waals surface area contributed by atoms with Crippen molar-refractivity contribution in [1.82, 2.24) is 0 Å². The van der Waals surface area contributed by atoms with Crippen LogP contribution in [0.5, 0.6) is 0 Å². The lowest BCUT2D eigenvalue weighted by Crippen LogP contribution is -2.21. The average molecular weight is 327 g/mol. The Balaban J connectivity index is 2.47. The van der Waals surface area contributed by atoms with E-state index >= 15 is 0 Å². The van der Waals surface area contributed by atoms with E-state index in [0.717, 1.165) is 35.0 Å². The van der Waals surface area contributed by atoms with E-state index in [4.69, 9.17) is 5.73 Å². The summed E-state index contributed by atoms with van der Waals surface area (Å²) < 4.78 is 1.05. The molecule has 1 amide bonds. The highest BCUT2D eigenvalue weighted by Gasteiger charge is 2.13. The third-order valence-corrected chi connectivity index (χ3v) is 4.06. The zero-order valence-electron chi connectivity index (χ0n) is 11.9. The van der Waals surface area contributed by atoms with Crippen molar-refractivity contribution in [3.8, 4) is 0 Å². The minimum Gasteiger partial charge on any atom is -0.328 e. The normalized spacial score (nSPS) is 13.9. The topological polar surface area (TPSA) is 55.1 Å². The summed E-state index contributed by atoms with van der Waals surface area (Å²) in [6, 6.07) is 6.04. The molecule has 0 bridgehead atoms. The Bertz CT molecular complexity index is 432. The summed E-state index contributed by atoms with van der Waals surface area (Å²) in [6.07, 6.45) is 2.84. The first kappa shape index (κ1) is 16.2. The SMILES string of the molecule is Cc1cc(NC(=O)C(C)CCCC(C)N)ccc1Br. The molecule has 0 saturated carbocycles. The first-order chi connectivity index (χ1) is 8.90. The van der Waals surface area contributed by atoms with Gasteiger partial charge in [-0.2, -0.15) is 0 Å². The van der Waals surface area contributed by atoms with Crippen molar-refractivity contribution in [1.29, 1.82) is 0 Å². The minimum absolute atomic E-state index is 0.0164. The molecule has 0 aliphatic rings. The van der Waals surface area contributed by atoms with E-state index < -0.39 is 0 Å². The number of carbonyl (C=O) groups excluding carboxylic acids is 1. The van der Waals surface area contributed by atoms with Crippen LogP contribution >= 0.6 is 15.9 Å². The number of hydrogen-bond acceptors (Lipinski definition) is 2. The van der Waals surface area contributed by atoms with E-state index in [1.54, 1.807) is 0 Å². The number of carbonyl (C=O) groups is 1. The zero-order chi connectivity index (χ0) is 14.4. The van der Waals surface area contributed by atoms with Gasteiger partial charge in [0.1, 0.15) is 0 Å². The van der Waals surface area contributed by atoms with Gasteiger partial charge < -0.3 is 11.1 Å². The van der Waals surface area contributed by atoms with Gasteiger partial charge in [0.25, 0.3) is 0 Å². The number of nitrogens with two attached hydrogens (primary N) is 1. The summed E-state index contributed by atoms with van der Waals surface area (Å²) in [6.45, 7) is 5.96. The molecule has 0 aromatic heterocycles. The Morgan fingerprint density at radius 2 is 2.05 bits per heavy atom. The van der Waals surface area contributed by atoms with Gasteiger partial charge in [-0.05, 0) is 50.5 Å². The van der Waals surface area contributed by atoms with Gasteiger partial charge in [-0.25, -0.2) is 0 Å². The second kappa shape index (κ2) is 7.65.